The second kappa shape index (κ2) is 6.88. The first-order chi connectivity index (χ1) is 13.7. The van der Waals surface area contributed by atoms with Crippen molar-refractivity contribution in [2.75, 3.05) is 0 Å². The molecule has 3 aromatic heterocycles. The van der Waals surface area contributed by atoms with Crippen LogP contribution in [0.2, 0.25) is 0 Å². The Morgan fingerprint density at radius 3 is 2.83 bits per heavy atom. The molecule has 0 unspecified atom stereocenters. The summed E-state index contributed by atoms with van der Waals surface area (Å²) in [4.78, 5) is 24.3. The first-order valence-corrected chi connectivity index (χ1v) is 9.55. The predicted octanol–water partition coefficient (Wildman–Crippen LogP) is 3.96. The molecular weight excluding hydrogens is 368 g/mol. The summed E-state index contributed by atoms with van der Waals surface area (Å²) in [6, 6.07) is 6.30. The van der Waals surface area contributed by atoms with Crippen molar-refractivity contribution < 1.29 is 9.53 Å². The first-order valence-electron chi connectivity index (χ1n) is 9.55. The van der Waals surface area contributed by atoms with Gasteiger partial charge < -0.3 is 15.0 Å². The molecule has 4 rings (SSSR count). The van der Waals surface area contributed by atoms with Crippen LogP contribution in [0.3, 0.4) is 0 Å². The summed E-state index contributed by atoms with van der Waals surface area (Å²) in [5.74, 6) is 0.324. The highest BCUT2D eigenvalue weighted by Crippen LogP contribution is 2.30. The molecule has 0 fully saturated rings. The zero-order chi connectivity index (χ0) is 20.8. The van der Waals surface area contributed by atoms with Gasteiger partial charge in [-0.2, -0.15) is 5.10 Å². The van der Waals surface area contributed by atoms with Gasteiger partial charge in [-0.1, -0.05) is 19.1 Å². The van der Waals surface area contributed by atoms with E-state index in [-0.39, 0.29) is 0 Å². The molecule has 8 heteroatoms. The second-order valence-electron chi connectivity index (χ2n) is 8.05. The summed E-state index contributed by atoms with van der Waals surface area (Å²) in [7, 11) is 1.92. The van der Waals surface area contributed by atoms with E-state index in [9.17, 15) is 4.79 Å². The van der Waals surface area contributed by atoms with Gasteiger partial charge in [-0.15, -0.1) is 0 Å². The van der Waals surface area contributed by atoms with Gasteiger partial charge in [-0.05, 0) is 38.8 Å². The molecule has 0 aliphatic rings. The van der Waals surface area contributed by atoms with Crippen molar-refractivity contribution in [2.24, 2.45) is 7.05 Å². The van der Waals surface area contributed by atoms with Crippen LogP contribution >= 0.6 is 0 Å². The second-order valence-corrected chi connectivity index (χ2v) is 8.05. The fourth-order valence-electron chi connectivity index (χ4n) is 3.20. The maximum absolute atomic E-state index is 12.2. The summed E-state index contributed by atoms with van der Waals surface area (Å²) in [5.41, 5.74) is 4.27. The molecule has 0 saturated carbocycles. The van der Waals surface area contributed by atoms with Gasteiger partial charge in [0.05, 0.1) is 11.7 Å². The summed E-state index contributed by atoms with van der Waals surface area (Å²) >= 11 is 0. The van der Waals surface area contributed by atoms with Crippen LogP contribution in [0.25, 0.3) is 33.5 Å². The number of carbonyl (C=O) groups excluding carboxylic acids is 1. The number of amides is 1. The molecule has 4 aromatic rings. The van der Waals surface area contributed by atoms with Gasteiger partial charge in [0.15, 0.2) is 16.9 Å². The number of rotatable bonds is 3. The van der Waals surface area contributed by atoms with Crippen LogP contribution in [0.15, 0.2) is 30.6 Å². The quantitative estimate of drug-likeness (QED) is 0.550. The third kappa shape index (κ3) is 3.65. The van der Waals surface area contributed by atoms with Gasteiger partial charge in [0.1, 0.15) is 11.4 Å². The van der Waals surface area contributed by atoms with Crippen LogP contribution in [0.5, 0.6) is 5.75 Å². The van der Waals surface area contributed by atoms with E-state index in [0.717, 1.165) is 23.0 Å². The van der Waals surface area contributed by atoms with Gasteiger partial charge in [0.2, 0.25) is 0 Å². The Bertz CT molecular complexity index is 1220. The van der Waals surface area contributed by atoms with Crippen molar-refractivity contribution in [1.82, 2.24) is 30.0 Å². The number of nitrogens with one attached hydrogen (secondary N) is 2. The lowest BCUT2D eigenvalue weighted by molar-refractivity contribution is 0.191. The van der Waals surface area contributed by atoms with Crippen LogP contribution in [0, 0.1) is 0 Å². The Kier molecular flexibility index (Phi) is 4.49. The molecule has 150 valence electrons. The Hall–Kier alpha value is -3.42. The van der Waals surface area contributed by atoms with Crippen molar-refractivity contribution in [3.05, 3.63) is 36.2 Å². The zero-order valence-electron chi connectivity index (χ0n) is 17.2. The van der Waals surface area contributed by atoms with Crippen molar-refractivity contribution in [3.8, 4) is 17.1 Å². The maximum atomic E-state index is 12.2. The highest BCUT2D eigenvalue weighted by molar-refractivity contribution is 5.94. The van der Waals surface area contributed by atoms with Crippen LogP contribution in [-0.4, -0.2) is 36.4 Å². The number of aromatic amines is 1. The van der Waals surface area contributed by atoms with E-state index in [1.54, 1.807) is 12.4 Å². The van der Waals surface area contributed by atoms with E-state index >= 15 is 0 Å². The largest absolute Gasteiger partial charge is 0.413 e. The smallest absolute Gasteiger partial charge is 0.406 e. The average molecular weight is 392 g/mol. The maximum Gasteiger partial charge on any atom is 0.413 e. The number of H-pyrrole nitrogens is 1. The molecule has 0 radical (unpaired) electrons. The van der Waals surface area contributed by atoms with Crippen molar-refractivity contribution >= 4 is 28.2 Å². The van der Waals surface area contributed by atoms with E-state index in [4.69, 9.17) is 4.74 Å². The van der Waals surface area contributed by atoms with Crippen molar-refractivity contribution in [1.29, 1.82) is 0 Å². The minimum absolute atomic E-state index is 0.324. The number of ether oxygens (including phenoxy) is 1. The number of benzene rings is 1. The molecular formula is C21H24N6O2. The third-order valence-electron chi connectivity index (χ3n) is 4.59. The Balaban J connectivity index is 1.75. The van der Waals surface area contributed by atoms with E-state index in [0.29, 0.717) is 22.6 Å². The van der Waals surface area contributed by atoms with Crippen LogP contribution < -0.4 is 10.1 Å². The standard InChI is InChI=1S/C21H24N6O2/c1-6-12-7-8-13-15(9-12)27(5)26-17(13)14-10-22-19-18(24-14)16(11-23-19)29-20(28)25-21(2,3)4/h7-11H,6H2,1-5H3,(H,22,23)(H,25,28). The lowest BCUT2D eigenvalue weighted by Gasteiger charge is -2.19. The van der Waals surface area contributed by atoms with Gasteiger partial charge in [0.25, 0.3) is 0 Å². The summed E-state index contributed by atoms with van der Waals surface area (Å²) in [5, 5.41) is 8.42. The van der Waals surface area contributed by atoms with E-state index in [2.05, 4.69) is 50.5 Å². The van der Waals surface area contributed by atoms with Crippen molar-refractivity contribution in [2.45, 2.75) is 39.7 Å². The number of hydrogen-bond acceptors (Lipinski definition) is 5. The molecule has 0 aliphatic carbocycles. The van der Waals surface area contributed by atoms with Crippen LogP contribution in [-0.2, 0) is 13.5 Å². The highest BCUT2D eigenvalue weighted by Gasteiger charge is 2.19. The molecule has 2 N–H and O–H groups in total. The molecule has 8 nitrogen and oxygen atoms in total. The van der Waals surface area contributed by atoms with Crippen LogP contribution in [0.1, 0.15) is 33.3 Å². The Labute approximate surface area is 168 Å². The minimum atomic E-state index is -0.541. The molecule has 0 spiro atoms. The van der Waals surface area contributed by atoms with Crippen molar-refractivity contribution in [3.63, 3.8) is 0 Å². The number of carbonyl (C=O) groups is 1. The zero-order valence-corrected chi connectivity index (χ0v) is 17.2. The number of fused-ring (bicyclic) bond motifs is 2. The van der Waals surface area contributed by atoms with Gasteiger partial charge >= 0.3 is 6.09 Å². The van der Waals surface area contributed by atoms with Gasteiger partial charge in [0, 0.05) is 24.2 Å². The fraction of sp³-hybridized carbons (Fsp3) is 0.333. The number of aryl methyl sites for hydroxylation is 2. The van der Waals surface area contributed by atoms with Gasteiger partial charge in [-0.3, -0.25) is 4.68 Å². The average Bonchev–Trinajstić information content (AvgIpc) is 3.20. The highest BCUT2D eigenvalue weighted by atomic mass is 16.6. The molecule has 1 aromatic carbocycles. The lowest BCUT2D eigenvalue weighted by Crippen LogP contribution is -2.42. The Morgan fingerprint density at radius 2 is 2.10 bits per heavy atom. The minimum Gasteiger partial charge on any atom is -0.406 e. The summed E-state index contributed by atoms with van der Waals surface area (Å²) in [6.45, 7) is 7.79. The van der Waals surface area contributed by atoms with Crippen LogP contribution in [0.4, 0.5) is 4.79 Å². The fourth-order valence-corrected chi connectivity index (χ4v) is 3.20. The summed E-state index contributed by atoms with van der Waals surface area (Å²) < 4.78 is 7.30. The van der Waals surface area contributed by atoms with E-state index in [1.807, 2.05) is 32.5 Å². The number of aromatic nitrogens is 5. The number of hydrogen-bond donors (Lipinski definition) is 2. The topological polar surface area (TPSA) is 97.7 Å². The normalized spacial score (nSPS) is 11.9. The Morgan fingerprint density at radius 1 is 1.31 bits per heavy atom. The molecule has 0 saturated heterocycles. The molecule has 0 aliphatic heterocycles. The first kappa shape index (κ1) is 18.9. The summed E-state index contributed by atoms with van der Waals surface area (Å²) in [6.07, 6.45) is 3.68. The number of nitrogens with zero attached hydrogens (tertiary/aromatic N) is 4. The SMILES string of the molecule is CCc1ccc2c(-c3cnc4[nH]cc(OC(=O)NC(C)(C)C)c4n3)nn(C)c2c1. The molecule has 3 heterocycles. The molecule has 29 heavy (non-hydrogen) atoms. The third-order valence-corrected chi connectivity index (χ3v) is 4.59. The molecule has 0 atom stereocenters. The molecule has 1 amide bonds. The lowest BCUT2D eigenvalue weighted by atomic mass is 10.1. The monoisotopic (exact) mass is 392 g/mol. The predicted molar refractivity (Wildman–Crippen MR) is 112 cm³/mol. The molecule has 0 bridgehead atoms. The van der Waals surface area contributed by atoms with Gasteiger partial charge in [-0.25, -0.2) is 14.8 Å². The van der Waals surface area contributed by atoms with E-state index < -0.39 is 11.6 Å². The van der Waals surface area contributed by atoms with E-state index in [1.165, 1.54) is 5.56 Å².